The Morgan fingerprint density at radius 3 is 2.56 bits per heavy atom. The molecule has 0 aliphatic carbocycles. The van der Waals surface area contributed by atoms with Crippen molar-refractivity contribution in [1.29, 1.82) is 0 Å². The van der Waals surface area contributed by atoms with Gasteiger partial charge in [-0.2, -0.15) is 0 Å². The molecule has 0 saturated heterocycles. The Labute approximate surface area is 106 Å². The molecular weight excluding hydrogens is 232 g/mol. The number of ether oxygens (including phenoxy) is 1. The van der Waals surface area contributed by atoms with Crippen molar-refractivity contribution in [2.45, 2.75) is 6.42 Å². The molecule has 1 rings (SSSR count). The summed E-state index contributed by atoms with van der Waals surface area (Å²) in [6.45, 7) is 1.03. The number of guanidine groups is 1. The number of hydrogen-bond donors (Lipinski definition) is 3. The normalized spacial score (nSPS) is 9.61. The van der Waals surface area contributed by atoms with Gasteiger partial charge >= 0.3 is 0 Å². The zero-order chi connectivity index (χ0) is 13.4. The fourth-order valence-electron chi connectivity index (χ4n) is 1.33. The van der Waals surface area contributed by atoms with E-state index in [9.17, 15) is 4.79 Å². The highest BCUT2D eigenvalue weighted by atomic mass is 16.5. The number of amides is 1. The predicted octanol–water partition coefficient (Wildman–Crippen LogP) is 0.0885. The number of rotatable bonds is 6. The Hall–Kier alpha value is -2.24. The fourth-order valence-corrected chi connectivity index (χ4v) is 1.33. The van der Waals surface area contributed by atoms with Crippen LogP contribution >= 0.6 is 0 Å². The average Bonchev–Trinajstić information content (AvgIpc) is 2.38. The Bertz CT molecular complexity index is 411. The van der Waals surface area contributed by atoms with Gasteiger partial charge in [0.05, 0.1) is 7.11 Å². The number of carbonyl (C=O) groups is 1. The highest BCUT2D eigenvalue weighted by molar-refractivity contribution is 5.94. The maximum Gasteiger partial charge on any atom is 0.251 e. The van der Waals surface area contributed by atoms with Crippen molar-refractivity contribution in [3.8, 4) is 5.75 Å². The van der Waals surface area contributed by atoms with Crippen LogP contribution < -0.4 is 21.5 Å². The first kappa shape index (κ1) is 13.8. The molecule has 5 N–H and O–H groups in total. The zero-order valence-corrected chi connectivity index (χ0v) is 10.3. The number of carbonyl (C=O) groups excluding carboxylic acids is 1. The molecule has 0 heterocycles. The average molecular weight is 250 g/mol. The maximum atomic E-state index is 11.7. The fraction of sp³-hybridized carbons (Fsp3) is 0.333. The topological polar surface area (TPSA) is 103 Å². The SMILES string of the molecule is COc1ccc(C(=O)NCCCN=C(N)N)cc1. The van der Waals surface area contributed by atoms with E-state index >= 15 is 0 Å². The molecule has 6 nitrogen and oxygen atoms in total. The van der Waals surface area contributed by atoms with Crippen LogP contribution in [-0.2, 0) is 0 Å². The van der Waals surface area contributed by atoms with Gasteiger partial charge in [-0.05, 0) is 30.7 Å². The summed E-state index contributed by atoms with van der Waals surface area (Å²) < 4.78 is 5.01. The molecule has 1 aromatic rings. The first-order valence-electron chi connectivity index (χ1n) is 5.61. The van der Waals surface area contributed by atoms with Crippen LogP contribution in [-0.4, -0.2) is 32.1 Å². The zero-order valence-electron chi connectivity index (χ0n) is 10.3. The highest BCUT2D eigenvalue weighted by Crippen LogP contribution is 2.10. The molecule has 98 valence electrons. The van der Waals surface area contributed by atoms with E-state index in [1.54, 1.807) is 31.4 Å². The molecule has 0 saturated carbocycles. The smallest absolute Gasteiger partial charge is 0.251 e. The highest BCUT2D eigenvalue weighted by Gasteiger charge is 2.04. The quantitative estimate of drug-likeness (QED) is 0.378. The second kappa shape index (κ2) is 7.16. The molecular formula is C12H18N4O2. The van der Waals surface area contributed by atoms with E-state index in [-0.39, 0.29) is 11.9 Å². The molecule has 0 aliphatic heterocycles. The van der Waals surface area contributed by atoms with Gasteiger partial charge in [0.25, 0.3) is 5.91 Å². The summed E-state index contributed by atoms with van der Waals surface area (Å²) in [5.74, 6) is 0.665. The Morgan fingerprint density at radius 1 is 1.33 bits per heavy atom. The van der Waals surface area contributed by atoms with Crippen molar-refractivity contribution in [1.82, 2.24) is 5.32 Å². The van der Waals surface area contributed by atoms with Crippen LogP contribution in [0.4, 0.5) is 0 Å². The monoisotopic (exact) mass is 250 g/mol. The summed E-state index contributed by atoms with van der Waals surface area (Å²) in [5, 5.41) is 2.78. The van der Waals surface area contributed by atoms with Crippen molar-refractivity contribution in [3.63, 3.8) is 0 Å². The lowest BCUT2D eigenvalue weighted by Gasteiger charge is -2.05. The lowest BCUT2D eigenvalue weighted by atomic mass is 10.2. The van der Waals surface area contributed by atoms with Crippen LogP contribution in [0, 0.1) is 0 Å². The molecule has 0 unspecified atom stereocenters. The van der Waals surface area contributed by atoms with Crippen molar-refractivity contribution < 1.29 is 9.53 Å². The van der Waals surface area contributed by atoms with Gasteiger partial charge < -0.3 is 21.5 Å². The molecule has 0 spiro atoms. The largest absolute Gasteiger partial charge is 0.497 e. The molecule has 1 aromatic carbocycles. The standard InChI is InChI=1S/C12H18N4O2/c1-18-10-5-3-9(4-6-10)11(17)15-7-2-8-16-12(13)14/h3-6H,2,7-8H2,1H3,(H,15,17)(H4,13,14,16). The second-order valence-corrected chi connectivity index (χ2v) is 3.64. The predicted molar refractivity (Wildman–Crippen MR) is 70.6 cm³/mol. The summed E-state index contributed by atoms with van der Waals surface area (Å²) >= 11 is 0. The lowest BCUT2D eigenvalue weighted by Crippen LogP contribution is -2.26. The number of methoxy groups -OCH3 is 1. The van der Waals surface area contributed by atoms with Gasteiger partial charge in [-0.3, -0.25) is 9.79 Å². The third-order valence-electron chi connectivity index (χ3n) is 2.27. The van der Waals surface area contributed by atoms with E-state index in [1.165, 1.54) is 0 Å². The van der Waals surface area contributed by atoms with E-state index in [2.05, 4.69) is 10.3 Å². The van der Waals surface area contributed by atoms with Gasteiger partial charge in [-0.25, -0.2) is 0 Å². The molecule has 0 atom stereocenters. The molecule has 0 fully saturated rings. The first-order valence-corrected chi connectivity index (χ1v) is 5.61. The number of nitrogens with one attached hydrogen (secondary N) is 1. The number of hydrogen-bond acceptors (Lipinski definition) is 3. The minimum absolute atomic E-state index is 0.0662. The number of aliphatic imine (C=N–C) groups is 1. The summed E-state index contributed by atoms with van der Waals surface area (Å²) in [5.41, 5.74) is 11.0. The Balaban J connectivity index is 2.34. The summed E-state index contributed by atoms with van der Waals surface area (Å²) in [4.78, 5) is 15.5. The van der Waals surface area contributed by atoms with Crippen LogP contribution in [0.25, 0.3) is 0 Å². The van der Waals surface area contributed by atoms with Crippen LogP contribution in [0.2, 0.25) is 0 Å². The van der Waals surface area contributed by atoms with Gasteiger partial charge in [-0.1, -0.05) is 0 Å². The third-order valence-corrected chi connectivity index (χ3v) is 2.27. The summed E-state index contributed by atoms with van der Waals surface area (Å²) in [6, 6.07) is 6.91. The second-order valence-electron chi connectivity index (χ2n) is 3.64. The van der Waals surface area contributed by atoms with Crippen molar-refractivity contribution in [2.24, 2.45) is 16.5 Å². The minimum atomic E-state index is -0.123. The van der Waals surface area contributed by atoms with E-state index in [0.29, 0.717) is 25.1 Å². The maximum absolute atomic E-state index is 11.7. The minimum Gasteiger partial charge on any atom is -0.497 e. The molecule has 0 bridgehead atoms. The van der Waals surface area contributed by atoms with Crippen LogP contribution in [0.15, 0.2) is 29.3 Å². The molecule has 0 aliphatic rings. The van der Waals surface area contributed by atoms with Crippen LogP contribution in [0.3, 0.4) is 0 Å². The van der Waals surface area contributed by atoms with Gasteiger partial charge in [0.15, 0.2) is 5.96 Å². The van der Waals surface area contributed by atoms with Crippen molar-refractivity contribution in [3.05, 3.63) is 29.8 Å². The Morgan fingerprint density at radius 2 is 2.00 bits per heavy atom. The van der Waals surface area contributed by atoms with Crippen LogP contribution in [0.1, 0.15) is 16.8 Å². The van der Waals surface area contributed by atoms with Crippen molar-refractivity contribution >= 4 is 11.9 Å². The lowest BCUT2D eigenvalue weighted by molar-refractivity contribution is 0.0953. The van der Waals surface area contributed by atoms with Gasteiger partial charge in [-0.15, -0.1) is 0 Å². The first-order chi connectivity index (χ1) is 8.63. The summed E-state index contributed by atoms with van der Waals surface area (Å²) in [7, 11) is 1.58. The Kier molecular flexibility index (Phi) is 5.50. The van der Waals surface area contributed by atoms with Gasteiger partial charge in [0.1, 0.15) is 5.75 Å². The van der Waals surface area contributed by atoms with Gasteiger partial charge in [0.2, 0.25) is 0 Å². The molecule has 1 amide bonds. The molecule has 6 heteroatoms. The van der Waals surface area contributed by atoms with Crippen LogP contribution in [0.5, 0.6) is 5.75 Å². The van der Waals surface area contributed by atoms with E-state index in [1.807, 2.05) is 0 Å². The third kappa shape index (κ3) is 4.73. The van der Waals surface area contributed by atoms with E-state index in [4.69, 9.17) is 16.2 Å². The molecule has 0 aromatic heterocycles. The number of benzene rings is 1. The number of nitrogens with zero attached hydrogens (tertiary/aromatic N) is 1. The van der Waals surface area contributed by atoms with E-state index in [0.717, 1.165) is 5.75 Å². The summed E-state index contributed by atoms with van der Waals surface area (Å²) in [6.07, 6.45) is 0.694. The van der Waals surface area contributed by atoms with Gasteiger partial charge in [0, 0.05) is 18.7 Å². The van der Waals surface area contributed by atoms with E-state index < -0.39 is 0 Å². The molecule has 0 radical (unpaired) electrons. The molecule has 18 heavy (non-hydrogen) atoms. The van der Waals surface area contributed by atoms with Crippen molar-refractivity contribution in [2.75, 3.05) is 20.2 Å². The number of nitrogens with two attached hydrogens (primary N) is 2.